The van der Waals surface area contributed by atoms with Gasteiger partial charge in [-0.15, -0.1) is 0 Å². The Morgan fingerprint density at radius 2 is 1.83 bits per heavy atom. The molecular weight excluding hydrogens is 304 g/mol. The van der Waals surface area contributed by atoms with Crippen LogP contribution in [0.25, 0.3) is 0 Å². The number of fused-ring (bicyclic) bond motifs is 1. The summed E-state index contributed by atoms with van der Waals surface area (Å²) in [5.74, 6) is 1.02. The number of nitrogens with zero attached hydrogens (tertiary/aromatic N) is 2. The molecule has 1 aliphatic carbocycles. The van der Waals surface area contributed by atoms with Crippen molar-refractivity contribution in [2.24, 2.45) is 11.8 Å². The number of hydrogen-bond donors (Lipinski definition) is 0. The first-order chi connectivity index (χ1) is 11.7. The standard InChI is InChI=1S/C19H24N2O3/c1-2-20-18(22)11-21(19(20)23)16-8-14-10-17(24-12-15(14)9-16)13-6-4-3-5-7-13/h3-7,14-17H,2,8-12H2,1H3/t14-,15+,16-,17-/m0/s1. The second-order valence-corrected chi connectivity index (χ2v) is 7.16. The van der Waals surface area contributed by atoms with Crippen LogP contribution < -0.4 is 0 Å². The van der Waals surface area contributed by atoms with E-state index in [4.69, 9.17) is 4.74 Å². The normalized spacial score (nSPS) is 33.2. The molecule has 2 heterocycles. The lowest BCUT2D eigenvalue weighted by molar-refractivity contribution is -0.125. The van der Waals surface area contributed by atoms with Crippen molar-refractivity contribution in [1.29, 1.82) is 0 Å². The predicted octanol–water partition coefficient (Wildman–Crippen LogP) is 2.83. The van der Waals surface area contributed by atoms with Gasteiger partial charge in [0, 0.05) is 12.6 Å². The zero-order chi connectivity index (χ0) is 16.7. The van der Waals surface area contributed by atoms with Crippen LogP contribution in [0, 0.1) is 11.8 Å². The van der Waals surface area contributed by atoms with Crippen LogP contribution in [0.2, 0.25) is 0 Å². The third-order valence-corrected chi connectivity index (χ3v) is 5.86. The molecule has 1 aromatic rings. The van der Waals surface area contributed by atoms with E-state index in [9.17, 15) is 9.59 Å². The number of imide groups is 1. The number of hydrogen-bond acceptors (Lipinski definition) is 3. The molecule has 1 saturated carbocycles. The summed E-state index contributed by atoms with van der Waals surface area (Å²) in [7, 11) is 0. The summed E-state index contributed by atoms with van der Waals surface area (Å²) in [5.41, 5.74) is 1.24. The van der Waals surface area contributed by atoms with Crippen molar-refractivity contribution in [2.45, 2.75) is 38.3 Å². The minimum atomic E-state index is -0.105. The lowest BCUT2D eigenvalue weighted by atomic mass is 9.86. The first kappa shape index (κ1) is 15.6. The van der Waals surface area contributed by atoms with Gasteiger partial charge >= 0.3 is 6.03 Å². The van der Waals surface area contributed by atoms with Crippen molar-refractivity contribution in [3.8, 4) is 0 Å². The highest BCUT2D eigenvalue weighted by Gasteiger charge is 2.46. The van der Waals surface area contributed by atoms with Gasteiger partial charge in [-0.3, -0.25) is 9.69 Å². The topological polar surface area (TPSA) is 49.9 Å². The van der Waals surface area contributed by atoms with E-state index < -0.39 is 0 Å². The van der Waals surface area contributed by atoms with Gasteiger partial charge in [0.15, 0.2) is 0 Å². The molecule has 3 aliphatic rings. The first-order valence-corrected chi connectivity index (χ1v) is 8.95. The Morgan fingerprint density at radius 3 is 2.54 bits per heavy atom. The van der Waals surface area contributed by atoms with Gasteiger partial charge in [0.05, 0.1) is 12.7 Å². The SMILES string of the molecule is CCN1C(=O)CN([C@@H]2C[C@@H]3CO[C@H](c4ccccc4)C[C@@H]3C2)C1=O. The molecule has 0 spiro atoms. The van der Waals surface area contributed by atoms with Crippen LogP contribution in [0.5, 0.6) is 0 Å². The van der Waals surface area contributed by atoms with Gasteiger partial charge in [-0.1, -0.05) is 30.3 Å². The Labute approximate surface area is 142 Å². The molecule has 0 bridgehead atoms. The fourth-order valence-electron chi connectivity index (χ4n) is 4.57. The maximum atomic E-state index is 12.4. The monoisotopic (exact) mass is 328 g/mol. The van der Waals surface area contributed by atoms with E-state index in [1.165, 1.54) is 10.5 Å². The summed E-state index contributed by atoms with van der Waals surface area (Å²) >= 11 is 0. The van der Waals surface area contributed by atoms with E-state index in [1.54, 1.807) is 4.90 Å². The lowest BCUT2D eigenvalue weighted by Crippen LogP contribution is -2.38. The molecule has 128 valence electrons. The molecule has 1 aromatic carbocycles. The van der Waals surface area contributed by atoms with Gasteiger partial charge in [0.25, 0.3) is 0 Å². The van der Waals surface area contributed by atoms with E-state index in [1.807, 2.05) is 13.0 Å². The summed E-state index contributed by atoms with van der Waals surface area (Å²) < 4.78 is 6.10. The summed E-state index contributed by atoms with van der Waals surface area (Å²) in [6.07, 6.45) is 3.13. The molecule has 0 radical (unpaired) electrons. The molecular formula is C19H24N2O3. The molecule has 0 N–H and O–H groups in total. The number of ether oxygens (including phenoxy) is 1. The maximum Gasteiger partial charge on any atom is 0.327 e. The van der Waals surface area contributed by atoms with Gasteiger partial charge in [0.1, 0.15) is 6.54 Å². The maximum absolute atomic E-state index is 12.4. The van der Waals surface area contributed by atoms with Crippen molar-refractivity contribution in [1.82, 2.24) is 9.80 Å². The number of benzene rings is 1. The molecule has 3 amide bonds. The summed E-state index contributed by atoms with van der Waals surface area (Å²) in [4.78, 5) is 27.6. The molecule has 4 rings (SSSR count). The number of amides is 3. The lowest BCUT2D eigenvalue weighted by Gasteiger charge is -2.32. The fourth-order valence-corrected chi connectivity index (χ4v) is 4.57. The van der Waals surface area contributed by atoms with Crippen molar-refractivity contribution < 1.29 is 14.3 Å². The fraction of sp³-hybridized carbons (Fsp3) is 0.579. The Bertz CT molecular complexity index is 633. The largest absolute Gasteiger partial charge is 0.373 e. The van der Waals surface area contributed by atoms with E-state index in [2.05, 4.69) is 24.3 Å². The summed E-state index contributed by atoms with van der Waals surface area (Å²) in [5, 5.41) is 0. The van der Waals surface area contributed by atoms with E-state index in [-0.39, 0.29) is 30.6 Å². The zero-order valence-electron chi connectivity index (χ0n) is 14.1. The average molecular weight is 328 g/mol. The Morgan fingerprint density at radius 1 is 1.08 bits per heavy atom. The number of likely N-dealkylation sites (N-methyl/N-ethyl adjacent to an activating group) is 1. The Balaban J connectivity index is 1.43. The summed E-state index contributed by atoms with van der Waals surface area (Å²) in [6.45, 7) is 3.33. The summed E-state index contributed by atoms with van der Waals surface area (Å²) in [6, 6.07) is 10.5. The highest BCUT2D eigenvalue weighted by atomic mass is 16.5. The smallest absolute Gasteiger partial charge is 0.327 e. The van der Waals surface area contributed by atoms with Gasteiger partial charge in [-0.25, -0.2) is 4.79 Å². The van der Waals surface area contributed by atoms with Crippen LogP contribution in [0.3, 0.4) is 0 Å². The van der Waals surface area contributed by atoms with E-state index in [0.717, 1.165) is 25.9 Å². The van der Waals surface area contributed by atoms with Gasteiger partial charge in [-0.05, 0) is 43.6 Å². The minimum absolute atomic E-state index is 0.0595. The van der Waals surface area contributed by atoms with Crippen LogP contribution >= 0.6 is 0 Å². The number of urea groups is 1. The number of carbonyl (C=O) groups excluding carboxylic acids is 2. The average Bonchev–Trinajstić information content (AvgIpc) is 3.15. The van der Waals surface area contributed by atoms with Crippen molar-refractivity contribution in [3.63, 3.8) is 0 Å². The highest BCUT2D eigenvalue weighted by Crippen LogP contribution is 2.45. The van der Waals surface area contributed by atoms with Gasteiger partial charge in [-0.2, -0.15) is 0 Å². The Kier molecular flexibility index (Phi) is 4.04. The van der Waals surface area contributed by atoms with Crippen molar-refractivity contribution >= 4 is 11.9 Å². The van der Waals surface area contributed by atoms with Crippen molar-refractivity contribution in [3.05, 3.63) is 35.9 Å². The molecule has 5 heteroatoms. The quantitative estimate of drug-likeness (QED) is 0.802. The third kappa shape index (κ3) is 2.61. The Hall–Kier alpha value is -1.88. The second kappa shape index (κ2) is 6.20. The molecule has 2 aliphatic heterocycles. The molecule has 0 unspecified atom stereocenters. The van der Waals surface area contributed by atoms with E-state index >= 15 is 0 Å². The molecule has 24 heavy (non-hydrogen) atoms. The second-order valence-electron chi connectivity index (χ2n) is 7.16. The van der Waals surface area contributed by atoms with Crippen LogP contribution in [-0.4, -0.2) is 47.5 Å². The molecule has 3 fully saturated rings. The van der Waals surface area contributed by atoms with Gasteiger partial charge in [0.2, 0.25) is 5.91 Å². The zero-order valence-corrected chi connectivity index (χ0v) is 14.1. The van der Waals surface area contributed by atoms with Crippen LogP contribution in [0.4, 0.5) is 4.79 Å². The van der Waals surface area contributed by atoms with Crippen LogP contribution in [0.1, 0.15) is 37.9 Å². The van der Waals surface area contributed by atoms with Crippen molar-refractivity contribution in [2.75, 3.05) is 19.7 Å². The predicted molar refractivity (Wildman–Crippen MR) is 89.2 cm³/mol. The third-order valence-electron chi connectivity index (χ3n) is 5.86. The van der Waals surface area contributed by atoms with Crippen LogP contribution in [0.15, 0.2) is 30.3 Å². The van der Waals surface area contributed by atoms with Gasteiger partial charge < -0.3 is 9.64 Å². The first-order valence-electron chi connectivity index (χ1n) is 8.95. The minimum Gasteiger partial charge on any atom is -0.373 e. The molecule has 5 nitrogen and oxygen atoms in total. The molecule has 0 aromatic heterocycles. The number of carbonyl (C=O) groups is 2. The highest BCUT2D eigenvalue weighted by molar-refractivity contribution is 6.02. The van der Waals surface area contributed by atoms with Crippen LogP contribution in [-0.2, 0) is 9.53 Å². The molecule has 2 saturated heterocycles. The van der Waals surface area contributed by atoms with E-state index in [0.29, 0.717) is 18.4 Å². The molecule has 4 atom stereocenters. The number of rotatable bonds is 3.